The van der Waals surface area contributed by atoms with E-state index in [0.717, 1.165) is 41.5 Å². The second-order valence-corrected chi connectivity index (χ2v) is 13.0. The molecule has 45 heavy (non-hydrogen) atoms. The molecule has 8 nitrogen and oxygen atoms in total. The van der Waals surface area contributed by atoms with Crippen molar-refractivity contribution in [3.8, 4) is 11.1 Å². The SMILES string of the molecule is CC(C)(C)OC(=O)[C@H](CCN(CCCC(=O)O)C1CCCc2ccccc21)NC(=O)OCC1c2ccccc2-c2ccccc21. The second kappa shape index (κ2) is 14.3. The van der Waals surface area contributed by atoms with Crippen molar-refractivity contribution in [2.45, 2.75) is 82.9 Å². The number of nitrogens with zero attached hydrogens (tertiary/aromatic N) is 1. The van der Waals surface area contributed by atoms with Crippen molar-refractivity contribution < 1.29 is 29.0 Å². The highest BCUT2D eigenvalue weighted by Gasteiger charge is 2.32. The normalized spacial score (nSPS) is 16.3. The molecule has 0 saturated heterocycles. The summed E-state index contributed by atoms with van der Waals surface area (Å²) in [7, 11) is 0. The first-order valence-electron chi connectivity index (χ1n) is 16.0. The van der Waals surface area contributed by atoms with Gasteiger partial charge >= 0.3 is 18.0 Å². The lowest BCUT2D eigenvalue weighted by Crippen LogP contribution is -2.46. The molecule has 0 fully saturated rings. The Kier molecular flexibility index (Phi) is 10.2. The average Bonchev–Trinajstić information content (AvgIpc) is 3.33. The van der Waals surface area contributed by atoms with Crippen LogP contribution in [0.4, 0.5) is 4.79 Å². The number of alkyl carbamates (subject to hydrolysis) is 1. The Labute approximate surface area is 265 Å². The molecule has 0 bridgehead atoms. The Balaban J connectivity index is 1.29. The van der Waals surface area contributed by atoms with E-state index in [0.29, 0.717) is 25.9 Å². The second-order valence-electron chi connectivity index (χ2n) is 13.0. The summed E-state index contributed by atoms with van der Waals surface area (Å²) in [6.07, 6.45) is 3.17. The fourth-order valence-corrected chi connectivity index (χ4v) is 6.66. The largest absolute Gasteiger partial charge is 0.481 e. The van der Waals surface area contributed by atoms with Crippen LogP contribution < -0.4 is 5.32 Å². The molecule has 2 N–H and O–H groups in total. The number of benzene rings is 3. The van der Waals surface area contributed by atoms with Gasteiger partial charge in [-0.3, -0.25) is 9.69 Å². The van der Waals surface area contributed by atoms with E-state index in [1.807, 2.05) is 36.4 Å². The summed E-state index contributed by atoms with van der Waals surface area (Å²) < 4.78 is 11.5. The molecule has 0 spiro atoms. The minimum absolute atomic E-state index is 0.0678. The van der Waals surface area contributed by atoms with Crippen molar-refractivity contribution in [2.24, 2.45) is 0 Å². The van der Waals surface area contributed by atoms with Gasteiger partial charge in [0.15, 0.2) is 0 Å². The highest BCUT2D eigenvalue weighted by atomic mass is 16.6. The van der Waals surface area contributed by atoms with Crippen LogP contribution in [0.5, 0.6) is 0 Å². The van der Waals surface area contributed by atoms with Gasteiger partial charge in [-0.1, -0.05) is 72.8 Å². The number of aliphatic carboxylic acids is 1. The maximum absolute atomic E-state index is 13.4. The number of nitrogens with one attached hydrogen (secondary N) is 1. The van der Waals surface area contributed by atoms with Crippen LogP contribution in [0.3, 0.4) is 0 Å². The first-order chi connectivity index (χ1) is 21.6. The van der Waals surface area contributed by atoms with Gasteiger partial charge in [0, 0.05) is 24.9 Å². The first kappa shape index (κ1) is 32.2. The average molecular weight is 613 g/mol. The van der Waals surface area contributed by atoms with E-state index in [-0.39, 0.29) is 25.0 Å². The van der Waals surface area contributed by atoms with E-state index in [1.54, 1.807) is 20.8 Å². The lowest BCUT2D eigenvalue weighted by Gasteiger charge is -2.36. The number of carbonyl (C=O) groups excluding carboxylic acids is 2. The van der Waals surface area contributed by atoms with Gasteiger partial charge in [0.2, 0.25) is 0 Å². The van der Waals surface area contributed by atoms with Crippen LogP contribution >= 0.6 is 0 Å². The molecule has 2 aliphatic carbocycles. The minimum atomic E-state index is -0.930. The summed E-state index contributed by atoms with van der Waals surface area (Å²) in [5.74, 6) is -1.45. The molecule has 2 atom stereocenters. The lowest BCUT2D eigenvalue weighted by molar-refractivity contribution is -0.157. The van der Waals surface area contributed by atoms with Gasteiger partial charge in [0.1, 0.15) is 18.2 Å². The quantitative estimate of drug-likeness (QED) is 0.215. The van der Waals surface area contributed by atoms with E-state index in [9.17, 15) is 19.5 Å². The number of carbonyl (C=O) groups is 3. The van der Waals surface area contributed by atoms with Gasteiger partial charge < -0.3 is 19.9 Å². The molecule has 1 unspecified atom stereocenters. The minimum Gasteiger partial charge on any atom is -0.481 e. The number of hydrogen-bond donors (Lipinski definition) is 2. The smallest absolute Gasteiger partial charge is 0.407 e. The van der Waals surface area contributed by atoms with Gasteiger partial charge in [0.05, 0.1) is 0 Å². The van der Waals surface area contributed by atoms with Gasteiger partial charge in [-0.15, -0.1) is 0 Å². The number of hydrogen-bond acceptors (Lipinski definition) is 6. The zero-order chi connectivity index (χ0) is 32.0. The molecule has 1 amide bonds. The standard InChI is InChI=1S/C37H44N2O6/c1-37(2,3)45-35(42)32(21-23-39(22-11-20-34(40)41)33-19-10-13-25-12-4-5-14-26(25)33)38-36(43)44-24-31-29-17-8-6-15-27(29)28-16-7-9-18-30(28)31/h4-9,12,14-18,31-33H,10-11,13,19-24H2,1-3H3,(H,38,43)(H,40,41)/t32-,33?/m0/s1. The summed E-state index contributed by atoms with van der Waals surface area (Å²) >= 11 is 0. The van der Waals surface area contributed by atoms with E-state index in [1.165, 1.54) is 11.1 Å². The summed E-state index contributed by atoms with van der Waals surface area (Å²) in [5.41, 5.74) is 6.32. The van der Waals surface area contributed by atoms with Crippen molar-refractivity contribution in [1.29, 1.82) is 0 Å². The molecule has 3 aromatic carbocycles. The molecule has 0 aliphatic heterocycles. The van der Waals surface area contributed by atoms with Gasteiger partial charge in [-0.2, -0.15) is 0 Å². The number of aryl methyl sites for hydroxylation is 1. The Hall–Kier alpha value is -4.17. The van der Waals surface area contributed by atoms with Gasteiger partial charge in [-0.25, -0.2) is 9.59 Å². The third-order valence-corrected chi connectivity index (χ3v) is 8.65. The fraction of sp³-hybridized carbons (Fsp3) is 0.432. The van der Waals surface area contributed by atoms with Gasteiger partial charge in [0.25, 0.3) is 0 Å². The Morgan fingerprint density at radius 3 is 2.18 bits per heavy atom. The van der Waals surface area contributed by atoms with Gasteiger partial charge in [-0.05, 0) is 92.8 Å². The highest BCUT2D eigenvalue weighted by Crippen LogP contribution is 2.44. The van der Waals surface area contributed by atoms with Crippen LogP contribution in [-0.2, 0) is 25.5 Å². The molecule has 238 valence electrons. The molecule has 0 radical (unpaired) electrons. The van der Waals surface area contributed by atoms with Crippen molar-refractivity contribution in [1.82, 2.24) is 10.2 Å². The molecule has 3 aromatic rings. The predicted molar refractivity (Wildman–Crippen MR) is 173 cm³/mol. The maximum Gasteiger partial charge on any atom is 0.407 e. The number of carboxylic acids is 1. The lowest BCUT2D eigenvalue weighted by atomic mass is 9.86. The summed E-state index contributed by atoms with van der Waals surface area (Å²) in [4.78, 5) is 40.2. The summed E-state index contributed by atoms with van der Waals surface area (Å²) in [5, 5.41) is 12.1. The van der Waals surface area contributed by atoms with E-state index in [2.05, 4.69) is 46.6 Å². The maximum atomic E-state index is 13.4. The van der Waals surface area contributed by atoms with Crippen molar-refractivity contribution in [3.05, 3.63) is 95.1 Å². The van der Waals surface area contributed by atoms with Crippen LogP contribution in [-0.4, -0.2) is 59.4 Å². The monoisotopic (exact) mass is 612 g/mol. The third-order valence-electron chi connectivity index (χ3n) is 8.65. The topological polar surface area (TPSA) is 105 Å². The zero-order valence-electron chi connectivity index (χ0n) is 26.5. The van der Waals surface area contributed by atoms with Crippen molar-refractivity contribution >= 4 is 18.0 Å². The predicted octanol–water partition coefficient (Wildman–Crippen LogP) is 6.87. The highest BCUT2D eigenvalue weighted by molar-refractivity contribution is 5.82. The summed E-state index contributed by atoms with van der Waals surface area (Å²) in [6.45, 7) is 6.58. The van der Waals surface area contributed by atoms with Crippen LogP contribution in [0.15, 0.2) is 72.8 Å². The molecule has 2 aliphatic rings. The number of carboxylic acid groups (broad SMARTS) is 1. The molecular formula is C37H44N2O6. The number of ether oxygens (including phenoxy) is 2. The molecule has 0 aromatic heterocycles. The molecule has 5 rings (SSSR count). The fourth-order valence-electron chi connectivity index (χ4n) is 6.66. The van der Waals surface area contributed by atoms with E-state index >= 15 is 0 Å². The summed E-state index contributed by atoms with van der Waals surface area (Å²) in [6, 6.07) is 23.8. The molecule has 0 heterocycles. The van der Waals surface area contributed by atoms with E-state index in [4.69, 9.17) is 9.47 Å². The van der Waals surface area contributed by atoms with Crippen LogP contribution in [0, 0.1) is 0 Å². The Bertz CT molecular complexity index is 1470. The van der Waals surface area contributed by atoms with Crippen LogP contribution in [0.1, 0.15) is 87.1 Å². The Morgan fingerprint density at radius 1 is 0.911 bits per heavy atom. The van der Waals surface area contributed by atoms with Crippen molar-refractivity contribution in [2.75, 3.05) is 19.7 Å². The van der Waals surface area contributed by atoms with Crippen LogP contribution in [0.2, 0.25) is 0 Å². The van der Waals surface area contributed by atoms with Crippen molar-refractivity contribution in [3.63, 3.8) is 0 Å². The van der Waals surface area contributed by atoms with Crippen LogP contribution in [0.25, 0.3) is 11.1 Å². The van der Waals surface area contributed by atoms with E-state index < -0.39 is 29.7 Å². The molecule has 0 saturated carbocycles. The first-order valence-corrected chi connectivity index (χ1v) is 16.0. The zero-order valence-corrected chi connectivity index (χ0v) is 26.5. The number of rotatable bonds is 12. The number of amides is 1. The third kappa shape index (κ3) is 8.11. The Morgan fingerprint density at radius 2 is 1.53 bits per heavy atom. The molecule has 8 heteroatoms. The number of fused-ring (bicyclic) bond motifs is 4. The number of esters is 1. The molecular weight excluding hydrogens is 568 g/mol.